The van der Waals surface area contributed by atoms with Crippen LogP contribution in [0.1, 0.15) is 15.9 Å². The number of rotatable bonds is 4. The van der Waals surface area contributed by atoms with Crippen LogP contribution in [0.3, 0.4) is 0 Å². The molecule has 24 heavy (non-hydrogen) atoms. The van der Waals surface area contributed by atoms with Crippen molar-refractivity contribution in [3.05, 3.63) is 59.7 Å². The molecule has 3 atom stereocenters. The first-order valence-corrected chi connectivity index (χ1v) is 8.49. The lowest BCUT2D eigenvalue weighted by Crippen LogP contribution is -2.33. The third-order valence-electron chi connectivity index (χ3n) is 3.83. The topological polar surface area (TPSA) is 108 Å². The number of carbonyl (C=O) groups excluding carboxylic acids is 1. The Balaban J connectivity index is 1.64. The van der Waals surface area contributed by atoms with Crippen molar-refractivity contribution < 1.29 is 15.0 Å². The predicted molar refractivity (Wildman–Crippen MR) is 95.5 cm³/mol. The van der Waals surface area contributed by atoms with Crippen LogP contribution in [0.2, 0.25) is 0 Å². The number of benzene rings is 2. The molecule has 0 aliphatic carbocycles. The number of thioether (sulfide) groups is 1. The number of anilines is 2. The SMILES string of the molecule is Nc1ccccc1NC(=O)c1ccc(CC2SC(O)NC2O)cc1. The van der Waals surface area contributed by atoms with Crippen LogP contribution in [-0.2, 0) is 6.42 Å². The molecule has 0 radical (unpaired) electrons. The minimum absolute atomic E-state index is 0.121. The monoisotopic (exact) mass is 345 g/mol. The summed E-state index contributed by atoms with van der Waals surface area (Å²) in [4.78, 5) is 12.3. The van der Waals surface area contributed by atoms with Crippen LogP contribution in [0, 0.1) is 0 Å². The maximum absolute atomic E-state index is 12.3. The van der Waals surface area contributed by atoms with Crippen molar-refractivity contribution in [2.45, 2.75) is 23.5 Å². The Labute approximate surface area is 144 Å². The highest BCUT2D eigenvalue weighted by atomic mass is 32.2. The first kappa shape index (κ1) is 16.8. The number of aliphatic hydroxyl groups is 2. The van der Waals surface area contributed by atoms with Crippen molar-refractivity contribution in [3.63, 3.8) is 0 Å². The quantitative estimate of drug-likeness (QED) is 0.536. The van der Waals surface area contributed by atoms with Gasteiger partial charge in [-0.25, -0.2) is 0 Å². The molecule has 0 spiro atoms. The predicted octanol–water partition coefficient (Wildman–Crippen LogP) is 1.36. The summed E-state index contributed by atoms with van der Waals surface area (Å²) in [6.45, 7) is 0. The average molecular weight is 345 g/mol. The lowest BCUT2D eigenvalue weighted by molar-refractivity contribution is 0.0994. The molecule has 1 aliphatic heterocycles. The van der Waals surface area contributed by atoms with Gasteiger partial charge < -0.3 is 21.3 Å². The van der Waals surface area contributed by atoms with Crippen LogP contribution in [0.5, 0.6) is 0 Å². The van der Waals surface area contributed by atoms with Crippen LogP contribution >= 0.6 is 11.8 Å². The van der Waals surface area contributed by atoms with Gasteiger partial charge in [0.15, 0.2) is 5.56 Å². The molecule has 7 heteroatoms. The number of nitrogens with one attached hydrogen (secondary N) is 2. The number of nitrogens with two attached hydrogens (primary N) is 1. The van der Waals surface area contributed by atoms with E-state index in [4.69, 9.17) is 5.73 Å². The van der Waals surface area contributed by atoms with Gasteiger partial charge in [0.2, 0.25) is 0 Å². The van der Waals surface area contributed by atoms with E-state index in [0.717, 1.165) is 5.56 Å². The van der Waals surface area contributed by atoms with Crippen LogP contribution in [0.15, 0.2) is 48.5 Å². The fraction of sp³-hybridized carbons (Fsp3) is 0.235. The molecule has 0 bridgehead atoms. The second-order valence-corrected chi connectivity index (χ2v) is 6.91. The Bertz CT molecular complexity index is 723. The van der Waals surface area contributed by atoms with Gasteiger partial charge in [0.05, 0.1) is 16.6 Å². The molecule has 3 rings (SSSR count). The van der Waals surface area contributed by atoms with Gasteiger partial charge in [0.1, 0.15) is 6.23 Å². The fourth-order valence-electron chi connectivity index (χ4n) is 2.52. The summed E-state index contributed by atoms with van der Waals surface area (Å²) in [5.74, 6) is -0.230. The van der Waals surface area contributed by atoms with Crippen molar-refractivity contribution in [1.29, 1.82) is 0 Å². The van der Waals surface area contributed by atoms with Crippen LogP contribution in [0.25, 0.3) is 0 Å². The average Bonchev–Trinajstić information content (AvgIpc) is 2.88. The summed E-state index contributed by atoms with van der Waals surface area (Å²) in [7, 11) is 0. The summed E-state index contributed by atoms with van der Waals surface area (Å²) in [5, 5.41) is 24.5. The van der Waals surface area contributed by atoms with Gasteiger partial charge in [-0.05, 0) is 36.2 Å². The number of para-hydroxylation sites is 2. The molecule has 1 heterocycles. The Morgan fingerprint density at radius 2 is 1.88 bits per heavy atom. The molecule has 1 aliphatic rings. The van der Waals surface area contributed by atoms with Gasteiger partial charge in [-0.3, -0.25) is 10.1 Å². The maximum atomic E-state index is 12.3. The highest BCUT2D eigenvalue weighted by Crippen LogP contribution is 2.27. The Morgan fingerprint density at radius 1 is 1.17 bits per heavy atom. The second kappa shape index (κ2) is 7.23. The van der Waals surface area contributed by atoms with Crippen LogP contribution in [0.4, 0.5) is 11.4 Å². The Morgan fingerprint density at radius 3 is 2.50 bits per heavy atom. The number of aliphatic hydroxyl groups excluding tert-OH is 2. The zero-order valence-electron chi connectivity index (χ0n) is 12.8. The lowest BCUT2D eigenvalue weighted by Gasteiger charge is -2.13. The Hall–Kier alpha value is -2.06. The number of amides is 1. The lowest BCUT2D eigenvalue weighted by atomic mass is 10.1. The van der Waals surface area contributed by atoms with E-state index in [9.17, 15) is 15.0 Å². The number of nitrogen functional groups attached to an aromatic ring is 1. The second-order valence-electron chi connectivity index (χ2n) is 5.58. The van der Waals surface area contributed by atoms with Gasteiger partial charge in [0, 0.05) is 5.56 Å². The largest absolute Gasteiger partial charge is 0.397 e. The third kappa shape index (κ3) is 3.88. The van der Waals surface area contributed by atoms with Crippen molar-refractivity contribution >= 4 is 29.0 Å². The molecule has 0 aromatic heterocycles. The first-order valence-electron chi connectivity index (χ1n) is 7.55. The fourth-order valence-corrected chi connectivity index (χ4v) is 3.59. The van der Waals surface area contributed by atoms with Crippen molar-refractivity contribution in [1.82, 2.24) is 5.32 Å². The third-order valence-corrected chi connectivity index (χ3v) is 5.00. The minimum atomic E-state index is -0.744. The molecule has 6 nitrogen and oxygen atoms in total. The molecule has 2 aromatic rings. The smallest absolute Gasteiger partial charge is 0.255 e. The minimum Gasteiger partial charge on any atom is -0.397 e. The Kier molecular flexibility index (Phi) is 5.06. The van der Waals surface area contributed by atoms with E-state index in [-0.39, 0.29) is 11.2 Å². The highest BCUT2D eigenvalue weighted by Gasteiger charge is 2.31. The molecule has 1 amide bonds. The highest BCUT2D eigenvalue weighted by molar-refractivity contribution is 8.00. The van der Waals surface area contributed by atoms with E-state index >= 15 is 0 Å². The van der Waals surface area contributed by atoms with Gasteiger partial charge in [-0.15, -0.1) is 11.8 Å². The molecular formula is C17H19N3O3S. The molecule has 0 saturated carbocycles. The van der Waals surface area contributed by atoms with E-state index in [1.807, 2.05) is 18.2 Å². The van der Waals surface area contributed by atoms with Gasteiger partial charge in [-0.1, -0.05) is 24.3 Å². The zero-order chi connectivity index (χ0) is 17.1. The zero-order valence-corrected chi connectivity index (χ0v) is 13.7. The van der Waals surface area contributed by atoms with Crippen molar-refractivity contribution in [3.8, 4) is 0 Å². The molecular weight excluding hydrogens is 326 g/mol. The van der Waals surface area contributed by atoms with E-state index in [0.29, 0.717) is 23.4 Å². The van der Waals surface area contributed by atoms with E-state index in [2.05, 4.69) is 10.6 Å². The summed E-state index contributed by atoms with van der Waals surface area (Å²) < 4.78 is 0. The summed E-state index contributed by atoms with van der Waals surface area (Å²) in [6, 6.07) is 14.3. The molecule has 3 unspecified atom stereocenters. The molecule has 1 saturated heterocycles. The van der Waals surface area contributed by atoms with Crippen molar-refractivity contribution in [2.75, 3.05) is 11.1 Å². The van der Waals surface area contributed by atoms with Gasteiger partial charge in [0.25, 0.3) is 5.91 Å². The molecule has 126 valence electrons. The summed E-state index contributed by atoms with van der Waals surface area (Å²) in [6.07, 6.45) is -0.141. The van der Waals surface area contributed by atoms with E-state index in [1.54, 1.807) is 30.3 Å². The number of carbonyl (C=O) groups is 1. The van der Waals surface area contributed by atoms with Crippen molar-refractivity contribution in [2.24, 2.45) is 0 Å². The standard InChI is InChI=1S/C17H19N3O3S/c18-12-3-1-2-4-13(12)19-15(21)11-7-5-10(6-8-11)9-14-16(22)20-17(23)24-14/h1-8,14,16-17,20,22-23H,9,18H2,(H,19,21). The van der Waals surface area contributed by atoms with Gasteiger partial charge in [-0.2, -0.15) is 0 Å². The van der Waals surface area contributed by atoms with Crippen LogP contribution in [-0.4, -0.2) is 33.2 Å². The summed E-state index contributed by atoms with van der Waals surface area (Å²) >= 11 is 1.28. The molecule has 1 fully saturated rings. The number of hydrogen-bond acceptors (Lipinski definition) is 6. The molecule has 6 N–H and O–H groups in total. The summed E-state index contributed by atoms with van der Waals surface area (Å²) in [5.41, 5.74) is 7.68. The van der Waals surface area contributed by atoms with Gasteiger partial charge >= 0.3 is 0 Å². The molecule has 2 aromatic carbocycles. The number of hydrogen-bond donors (Lipinski definition) is 5. The van der Waals surface area contributed by atoms with E-state index in [1.165, 1.54) is 11.8 Å². The normalized spacial score (nSPS) is 23.2. The van der Waals surface area contributed by atoms with Crippen LogP contribution < -0.4 is 16.4 Å². The van der Waals surface area contributed by atoms with E-state index < -0.39 is 11.8 Å². The first-order chi connectivity index (χ1) is 11.5. The maximum Gasteiger partial charge on any atom is 0.255 e.